The second-order valence-corrected chi connectivity index (χ2v) is 7.75. The summed E-state index contributed by atoms with van der Waals surface area (Å²) < 4.78 is 20.0. The molecule has 0 amide bonds. The van der Waals surface area contributed by atoms with E-state index in [0.717, 1.165) is 15.6 Å². The van der Waals surface area contributed by atoms with Crippen LogP contribution in [-0.4, -0.2) is 9.97 Å². The van der Waals surface area contributed by atoms with Crippen LogP contribution in [-0.2, 0) is 6.61 Å². The number of nitrogens with one attached hydrogen (secondary N) is 1. The summed E-state index contributed by atoms with van der Waals surface area (Å²) in [6.45, 7) is 0.340. The van der Waals surface area contributed by atoms with Crippen LogP contribution < -0.4 is 4.74 Å². The zero-order valence-electron chi connectivity index (χ0n) is 15.5. The van der Waals surface area contributed by atoms with Gasteiger partial charge in [-0.1, -0.05) is 35.9 Å². The summed E-state index contributed by atoms with van der Waals surface area (Å²) in [6, 6.07) is 19.4. The first-order valence-corrected chi connectivity index (χ1v) is 10.1. The van der Waals surface area contributed by atoms with Crippen LogP contribution in [0.5, 0.6) is 5.75 Å². The van der Waals surface area contributed by atoms with E-state index in [2.05, 4.69) is 32.0 Å². The van der Waals surface area contributed by atoms with Gasteiger partial charge in [0.15, 0.2) is 0 Å². The molecule has 0 bridgehead atoms. The molecule has 0 spiro atoms. The molecular weight excluding hydrogens is 469 g/mol. The number of allylic oxidation sites excluding steroid dienone is 1. The lowest BCUT2D eigenvalue weighted by Crippen LogP contribution is -1.97. The minimum Gasteiger partial charge on any atom is -0.488 e. The molecule has 0 aliphatic rings. The number of hydrogen-bond donors (Lipinski definition) is 1. The highest BCUT2D eigenvalue weighted by Gasteiger charge is 2.10. The standard InChI is InChI=1S/C23H14BrClFN3O/c24-18-10-14(5-8-22(18)30-13-15-3-1-2-4-19(15)25)9-16(12-27)23-28-20-7-6-17(26)11-21(20)29-23/h1-11H,13H2,(H,28,29)/b16-9-. The van der Waals surface area contributed by atoms with Crippen molar-refractivity contribution in [3.8, 4) is 11.8 Å². The number of imidazole rings is 1. The molecule has 1 heterocycles. The van der Waals surface area contributed by atoms with Gasteiger partial charge in [0.1, 0.15) is 30.1 Å². The number of aromatic amines is 1. The molecule has 30 heavy (non-hydrogen) atoms. The molecular formula is C23H14BrClFN3O. The van der Waals surface area contributed by atoms with Crippen molar-refractivity contribution in [1.29, 1.82) is 5.26 Å². The lowest BCUT2D eigenvalue weighted by molar-refractivity contribution is 0.304. The summed E-state index contributed by atoms with van der Waals surface area (Å²) in [5.74, 6) is 0.676. The highest BCUT2D eigenvalue weighted by Crippen LogP contribution is 2.29. The van der Waals surface area contributed by atoms with Crippen molar-refractivity contribution in [2.24, 2.45) is 0 Å². The molecule has 1 N–H and O–H groups in total. The first-order chi connectivity index (χ1) is 14.5. The van der Waals surface area contributed by atoms with E-state index < -0.39 is 0 Å². The zero-order valence-corrected chi connectivity index (χ0v) is 17.8. The lowest BCUT2D eigenvalue weighted by Gasteiger charge is -2.10. The summed E-state index contributed by atoms with van der Waals surface area (Å²) >= 11 is 9.67. The summed E-state index contributed by atoms with van der Waals surface area (Å²) in [4.78, 5) is 7.36. The van der Waals surface area contributed by atoms with E-state index in [1.54, 1.807) is 12.1 Å². The third kappa shape index (κ3) is 4.38. The fourth-order valence-corrected chi connectivity index (χ4v) is 3.63. The number of nitriles is 1. The Kier molecular flexibility index (Phi) is 5.84. The van der Waals surface area contributed by atoms with Crippen LogP contribution >= 0.6 is 27.5 Å². The molecule has 0 fully saturated rings. The second kappa shape index (κ2) is 8.70. The Balaban J connectivity index is 1.57. The van der Waals surface area contributed by atoms with Gasteiger partial charge >= 0.3 is 0 Å². The number of halogens is 3. The highest BCUT2D eigenvalue weighted by atomic mass is 79.9. The van der Waals surface area contributed by atoms with Gasteiger partial charge in [0, 0.05) is 10.6 Å². The molecule has 0 saturated carbocycles. The molecule has 4 aromatic rings. The molecule has 0 aliphatic carbocycles. The largest absolute Gasteiger partial charge is 0.488 e. The monoisotopic (exact) mass is 481 g/mol. The molecule has 0 aliphatic heterocycles. The van der Waals surface area contributed by atoms with Crippen molar-refractivity contribution >= 4 is 50.2 Å². The van der Waals surface area contributed by atoms with Gasteiger partial charge in [0.05, 0.1) is 21.1 Å². The maximum absolute atomic E-state index is 13.4. The van der Waals surface area contributed by atoms with Crippen molar-refractivity contribution < 1.29 is 9.13 Å². The number of H-pyrrole nitrogens is 1. The van der Waals surface area contributed by atoms with Gasteiger partial charge in [-0.2, -0.15) is 5.26 Å². The molecule has 4 rings (SSSR count). The van der Waals surface area contributed by atoms with Crippen LogP contribution in [0.4, 0.5) is 4.39 Å². The normalized spacial score (nSPS) is 11.5. The number of nitrogens with zero attached hydrogens (tertiary/aromatic N) is 2. The summed E-state index contributed by atoms with van der Waals surface area (Å²) in [5, 5.41) is 10.2. The third-order valence-electron chi connectivity index (χ3n) is 4.43. The van der Waals surface area contributed by atoms with Crippen molar-refractivity contribution in [3.63, 3.8) is 0 Å². The average molecular weight is 483 g/mol. The van der Waals surface area contributed by atoms with Crippen molar-refractivity contribution in [1.82, 2.24) is 9.97 Å². The summed E-state index contributed by atoms with van der Waals surface area (Å²) in [6.07, 6.45) is 1.71. The smallest absolute Gasteiger partial charge is 0.149 e. The minimum atomic E-state index is -0.364. The molecule has 0 radical (unpaired) electrons. The molecule has 0 atom stereocenters. The van der Waals surface area contributed by atoms with Gasteiger partial charge in [0.2, 0.25) is 0 Å². The van der Waals surface area contributed by atoms with E-state index in [-0.39, 0.29) is 5.82 Å². The van der Waals surface area contributed by atoms with E-state index in [9.17, 15) is 9.65 Å². The summed E-state index contributed by atoms with van der Waals surface area (Å²) in [5.41, 5.74) is 3.15. The Morgan fingerprint density at radius 2 is 2.03 bits per heavy atom. The number of ether oxygens (including phenoxy) is 1. The number of fused-ring (bicyclic) bond motifs is 1. The Morgan fingerprint density at radius 3 is 2.80 bits per heavy atom. The Hall–Kier alpha value is -3.14. The van der Waals surface area contributed by atoms with E-state index in [0.29, 0.717) is 39.8 Å². The van der Waals surface area contributed by atoms with E-state index in [1.807, 2.05) is 42.5 Å². The van der Waals surface area contributed by atoms with Gasteiger partial charge in [-0.15, -0.1) is 0 Å². The van der Waals surface area contributed by atoms with E-state index in [4.69, 9.17) is 16.3 Å². The highest BCUT2D eigenvalue weighted by molar-refractivity contribution is 9.10. The van der Waals surface area contributed by atoms with Crippen molar-refractivity contribution in [2.75, 3.05) is 0 Å². The summed E-state index contributed by atoms with van der Waals surface area (Å²) in [7, 11) is 0. The Labute approximate surface area is 185 Å². The molecule has 4 nitrogen and oxygen atoms in total. The van der Waals surface area contributed by atoms with Gasteiger partial charge in [-0.25, -0.2) is 9.37 Å². The fraction of sp³-hybridized carbons (Fsp3) is 0.0435. The zero-order chi connectivity index (χ0) is 21.1. The maximum atomic E-state index is 13.4. The minimum absolute atomic E-state index is 0.336. The number of hydrogen-bond acceptors (Lipinski definition) is 3. The number of benzene rings is 3. The van der Waals surface area contributed by atoms with Crippen LogP contribution in [0.15, 0.2) is 65.1 Å². The predicted octanol–water partition coefficient (Wildman–Crippen LogP) is 6.76. The predicted molar refractivity (Wildman–Crippen MR) is 119 cm³/mol. The molecule has 0 saturated heterocycles. The first-order valence-electron chi connectivity index (χ1n) is 8.96. The van der Waals surface area contributed by atoms with Crippen LogP contribution in [0, 0.1) is 17.1 Å². The Morgan fingerprint density at radius 1 is 1.20 bits per heavy atom. The fourth-order valence-electron chi connectivity index (χ4n) is 2.92. The van der Waals surface area contributed by atoms with Crippen molar-refractivity contribution in [2.45, 2.75) is 6.61 Å². The van der Waals surface area contributed by atoms with E-state index in [1.165, 1.54) is 12.1 Å². The van der Waals surface area contributed by atoms with E-state index >= 15 is 0 Å². The second-order valence-electron chi connectivity index (χ2n) is 6.49. The lowest BCUT2D eigenvalue weighted by atomic mass is 10.1. The third-order valence-corrected chi connectivity index (χ3v) is 5.42. The van der Waals surface area contributed by atoms with Crippen LogP contribution in [0.3, 0.4) is 0 Å². The Bertz CT molecular complexity index is 1310. The topological polar surface area (TPSA) is 61.7 Å². The average Bonchev–Trinajstić information content (AvgIpc) is 3.15. The molecule has 148 valence electrons. The van der Waals surface area contributed by atoms with Gasteiger partial charge in [-0.3, -0.25) is 0 Å². The molecule has 7 heteroatoms. The molecule has 0 unspecified atom stereocenters. The van der Waals surface area contributed by atoms with Gasteiger partial charge in [-0.05, 0) is 64.0 Å². The van der Waals surface area contributed by atoms with Crippen LogP contribution in [0.1, 0.15) is 17.0 Å². The van der Waals surface area contributed by atoms with Gasteiger partial charge in [0.25, 0.3) is 0 Å². The SMILES string of the molecule is N#C/C(=C/c1ccc(OCc2ccccc2Cl)c(Br)c1)c1nc2ccc(F)cc2[nH]1. The van der Waals surface area contributed by atoms with Crippen LogP contribution in [0.2, 0.25) is 5.02 Å². The quantitative estimate of drug-likeness (QED) is 0.320. The number of aromatic nitrogens is 2. The number of rotatable bonds is 5. The first kappa shape index (κ1) is 20.1. The molecule has 3 aromatic carbocycles. The van der Waals surface area contributed by atoms with Crippen LogP contribution in [0.25, 0.3) is 22.7 Å². The van der Waals surface area contributed by atoms with Crippen molar-refractivity contribution in [3.05, 3.63) is 92.9 Å². The molecule has 1 aromatic heterocycles. The maximum Gasteiger partial charge on any atom is 0.149 e. The van der Waals surface area contributed by atoms with Gasteiger partial charge < -0.3 is 9.72 Å².